The van der Waals surface area contributed by atoms with Crippen LogP contribution in [0.5, 0.6) is 0 Å². The Balaban J connectivity index is 2.28. The van der Waals surface area contributed by atoms with Crippen molar-refractivity contribution in [2.24, 2.45) is 0 Å². The molecule has 1 aromatic carbocycles. The summed E-state index contributed by atoms with van der Waals surface area (Å²) in [4.78, 5) is 11.6. The van der Waals surface area contributed by atoms with Crippen LogP contribution in [0.15, 0.2) is 24.3 Å². The largest absolute Gasteiger partial charge is 0.469 e. The maximum atomic E-state index is 11.6. The molecule has 4 nitrogen and oxygen atoms in total. The highest BCUT2D eigenvalue weighted by atomic mass is 16.5. The summed E-state index contributed by atoms with van der Waals surface area (Å²) in [5.74, 6) is -0.179. The molecule has 1 unspecified atom stereocenters. The minimum Gasteiger partial charge on any atom is -0.469 e. The number of rotatable bonds is 3. The first kappa shape index (κ1) is 12.9. The van der Waals surface area contributed by atoms with Crippen LogP contribution in [0, 0.1) is 0 Å². The zero-order valence-electron chi connectivity index (χ0n) is 10.7. The van der Waals surface area contributed by atoms with E-state index in [-0.39, 0.29) is 11.5 Å². The van der Waals surface area contributed by atoms with Gasteiger partial charge in [-0.2, -0.15) is 0 Å². The molecule has 3 N–H and O–H groups in total. The van der Waals surface area contributed by atoms with E-state index in [0.29, 0.717) is 6.42 Å². The third-order valence-corrected chi connectivity index (χ3v) is 3.63. The average Bonchev–Trinajstić information content (AvgIpc) is 2.40. The molecule has 2 rings (SSSR count). The van der Waals surface area contributed by atoms with E-state index < -0.39 is 0 Å². The fourth-order valence-corrected chi connectivity index (χ4v) is 2.59. The molecule has 0 bridgehead atoms. The fourth-order valence-electron chi connectivity index (χ4n) is 2.59. The highest BCUT2D eigenvalue weighted by Gasteiger charge is 2.36. The average molecular weight is 248 g/mol. The number of esters is 1. The second kappa shape index (κ2) is 5.40. The number of nitrogens with two attached hydrogens (primary N) is 1. The number of piperidine rings is 1. The van der Waals surface area contributed by atoms with Crippen LogP contribution in [0.2, 0.25) is 0 Å². The molecule has 0 saturated carbocycles. The van der Waals surface area contributed by atoms with Gasteiger partial charge < -0.3 is 15.8 Å². The maximum Gasteiger partial charge on any atom is 0.307 e. The van der Waals surface area contributed by atoms with Crippen molar-refractivity contribution in [2.45, 2.75) is 31.2 Å². The van der Waals surface area contributed by atoms with Crippen molar-refractivity contribution in [1.82, 2.24) is 5.32 Å². The van der Waals surface area contributed by atoms with Crippen LogP contribution in [0.25, 0.3) is 0 Å². The Morgan fingerprint density at radius 2 is 2.11 bits per heavy atom. The Morgan fingerprint density at radius 3 is 2.67 bits per heavy atom. The Kier molecular flexibility index (Phi) is 3.87. The van der Waals surface area contributed by atoms with E-state index in [9.17, 15) is 4.79 Å². The molecule has 0 aliphatic carbocycles. The van der Waals surface area contributed by atoms with Gasteiger partial charge in [0.25, 0.3) is 0 Å². The number of methoxy groups -OCH3 is 1. The van der Waals surface area contributed by atoms with E-state index in [0.717, 1.165) is 37.1 Å². The number of benzene rings is 1. The van der Waals surface area contributed by atoms with Gasteiger partial charge >= 0.3 is 5.97 Å². The highest BCUT2D eigenvalue weighted by Crippen LogP contribution is 2.34. The van der Waals surface area contributed by atoms with Crippen molar-refractivity contribution in [2.75, 3.05) is 19.4 Å². The molecule has 1 saturated heterocycles. The lowest BCUT2D eigenvalue weighted by atomic mass is 9.79. The molecule has 0 spiro atoms. The molecule has 4 heteroatoms. The zero-order valence-corrected chi connectivity index (χ0v) is 10.7. The Labute approximate surface area is 108 Å². The van der Waals surface area contributed by atoms with E-state index in [1.807, 2.05) is 24.3 Å². The summed E-state index contributed by atoms with van der Waals surface area (Å²) < 4.78 is 4.82. The SMILES string of the molecule is COC(=O)CC1(c2ccc(N)cc2)CCCCN1. The van der Waals surface area contributed by atoms with E-state index >= 15 is 0 Å². The van der Waals surface area contributed by atoms with Gasteiger partial charge in [-0.25, -0.2) is 0 Å². The summed E-state index contributed by atoms with van der Waals surface area (Å²) >= 11 is 0. The van der Waals surface area contributed by atoms with Crippen molar-refractivity contribution in [3.8, 4) is 0 Å². The Morgan fingerprint density at radius 1 is 1.39 bits per heavy atom. The summed E-state index contributed by atoms with van der Waals surface area (Å²) in [7, 11) is 1.43. The smallest absolute Gasteiger partial charge is 0.307 e. The van der Waals surface area contributed by atoms with Crippen molar-refractivity contribution in [1.29, 1.82) is 0 Å². The number of anilines is 1. The van der Waals surface area contributed by atoms with Crippen molar-refractivity contribution in [3.63, 3.8) is 0 Å². The minimum absolute atomic E-state index is 0.179. The standard InChI is InChI=1S/C14H20N2O2/c1-18-13(17)10-14(8-2-3-9-16-14)11-4-6-12(15)7-5-11/h4-7,16H,2-3,8-10,15H2,1H3. The molecule has 1 aliphatic heterocycles. The van der Waals surface area contributed by atoms with Crippen LogP contribution in [0.4, 0.5) is 5.69 Å². The van der Waals surface area contributed by atoms with Crippen LogP contribution < -0.4 is 11.1 Å². The lowest BCUT2D eigenvalue weighted by molar-refractivity contribution is -0.142. The third kappa shape index (κ3) is 2.64. The summed E-state index contributed by atoms with van der Waals surface area (Å²) in [5.41, 5.74) is 7.27. The van der Waals surface area contributed by atoms with E-state index in [2.05, 4.69) is 5.32 Å². The molecule has 1 fully saturated rings. The first-order valence-electron chi connectivity index (χ1n) is 6.34. The highest BCUT2D eigenvalue weighted by molar-refractivity contribution is 5.71. The van der Waals surface area contributed by atoms with Gasteiger partial charge in [-0.1, -0.05) is 12.1 Å². The molecule has 1 atom stereocenters. The van der Waals surface area contributed by atoms with Gasteiger partial charge in [0.2, 0.25) is 0 Å². The lowest BCUT2D eigenvalue weighted by Crippen LogP contribution is -2.47. The molecule has 1 heterocycles. The van der Waals surface area contributed by atoms with Crippen LogP contribution in [-0.2, 0) is 15.1 Å². The summed E-state index contributed by atoms with van der Waals surface area (Å²) in [6.45, 7) is 0.932. The first-order chi connectivity index (χ1) is 8.66. The second-order valence-electron chi connectivity index (χ2n) is 4.84. The van der Waals surface area contributed by atoms with Crippen LogP contribution >= 0.6 is 0 Å². The van der Waals surface area contributed by atoms with Crippen molar-refractivity contribution >= 4 is 11.7 Å². The summed E-state index contributed by atoms with van der Waals surface area (Å²) in [6.07, 6.45) is 3.59. The predicted molar refractivity (Wildman–Crippen MR) is 71.0 cm³/mol. The molecule has 0 radical (unpaired) electrons. The number of ether oxygens (including phenoxy) is 1. The monoisotopic (exact) mass is 248 g/mol. The fraction of sp³-hybridized carbons (Fsp3) is 0.500. The Hall–Kier alpha value is -1.55. The number of carbonyl (C=O) groups excluding carboxylic acids is 1. The molecular formula is C14H20N2O2. The van der Waals surface area contributed by atoms with Crippen LogP contribution in [-0.4, -0.2) is 19.6 Å². The lowest BCUT2D eigenvalue weighted by Gasteiger charge is -2.38. The molecule has 18 heavy (non-hydrogen) atoms. The van der Waals surface area contributed by atoms with E-state index in [1.165, 1.54) is 7.11 Å². The number of hydrogen-bond acceptors (Lipinski definition) is 4. The van der Waals surface area contributed by atoms with E-state index in [1.54, 1.807) is 0 Å². The van der Waals surface area contributed by atoms with Crippen LogP contribution in [0.1, 0.15) is 31.2 Å². The normalized spacial score (nSPS) is 23.6. The van der Waals surface area contributed by atoms with Gasteiger partial charge in [0, 0.05) is 5.69 Å². The summed E-state index contributed by atoms with van der Waals surface area (Å²) in [6, 6.07) is 7.75. The predicted octanol–water partition coefficient (Wildman–Crippen LogP) is 1.80. The van der Waals surface area contributed by atoms with Gasteiger partial charge in [0.15, 0.2) is 0 Å². The maximum absolute atomic E-state index is 11.6. The topological polar surface area (TPSA) is 64.3 Å². The minimum atomic E-state index is -0.293. The number of carbonyl (C=O) groups is 1. The van der Waals surface area contributed by atoms with Crippen molar-refractivity contribution in [3.05, 3.63) is 29.8 Å². The molecule has 0 amide bonds. The zero-order chi connectivity index (χ0) is 13.0. The van der Waals surface area contributed by atoms with E-state index in [4.69, 9.17) is 10.5 Å². The molecular weight excluding hydrogens is 228 g/mol. The van der Waals surface area contributed by atoms with Crippen LogP contribution in [0.3, 0.4) is 0 Å². The van der Waals surface area contributed by atoms with Gasteiger partial charge in [-0.05, 0) is 43.5 Å². The number of nitrogen functional groups attached to an aromatic ring is 1. The van der Waals surface area contributed by atoms with Gasteiger partial charge in [-0.15, -0.1) is 0 Å². The van der Waals surface area contributed by atoms with Gasteiger partial charge in [-0.3, -0.25) is 4.79 Å². The third-order valence-electron chi connectivity index (χ3n) is 3.63. The number of nitrogens with one attached hydrogen (secondary N) is 1. The first-order valence-corrected chi connectivity index (χ1v) is 6.34. The quantitative estimate of drug-likeness (QED) is 0.632. The Bertz CT molecular complexity index is 408. The van der Waals surface area contributed by atoms with Gasteiger partial charge in [0.05, 0.1) is 19.1 Å². The summed E-state index contributed by atoms with van der Waals surface area (Å²) in [5, 5.41) is 3.49. The van der Waals surface area contributed by atoms with Crippen molar-refractivity contribution < 1.29 is 9.53 Å². The molecule has 0 aromatic heterocycles. The molecule has 98 valence electrons. The number of hydrogen-bond donors (Lipinski definition) is 2. The van der Waals surface area contributed by atoms with Gasteiger partial charge in [0.1, 0.15) is 0 Å². The molecule has 1 aromatic rings. The molecule has 1 aliphatic rings. The second-order valence-corrected chi connectivity index (χ2v) is 4.84.